The molecule has 0 unspecified atom stereocenters. The molecule has 1 nitrogen and oxygen atoms in total. The van der Waals surface area contributed by atoms with E-state index in [0.29, 0.717) is 18.1 Å². The van der Waals surface area contributed by atoms with Crippen molar-refractivity contribution >= 4 is 17.4 Å². The van der Waals surface area contributed by atoms with E-state index < -0.39 is 0 Å². The summed E-state index contributed by atoms with van der Waals surface area (Å²) in [6.07, 6.45) is 24.8. The van der Waals surface area contributed by atoms with Crippen molar-refractivity contribution in [1.82, 2.24) is 0 Å². The lowest BCUT2D eigenvalue weighted by molar-refractivity contribution is -0.118. The van der Waals surface area contributed by atoms with Crippen LogP contribution in [-0.4, -0.2) is 11.7 Å². The fourth-order valence-electron chi connectivity index (χ4n) is 3.28. The maximum atomic E-state index is 11.3. The van der Waals surface area contributed by atoms with Crippen molar-refractivity contribution in [3.63, 3.8) is 0 Å². The van der Waals surface area contributed by atoms with E-state index in [1.807, 2.05) is 0 Å². The summed E-state index contributed by atoms with van der Waals surface area (Å²) in [5, 5.41) is 0. The van der Waals surface area contributed by atoms with Gasteiger partial charge in [-0.15, -0.1) is 11.6 Å². The predicted molar refractivity (Wildman–Crippen MR) is 109 cm³/mol. The fourth-order valence-corrected chi connectivity index (χ4v) is 3.49. The monoisotopic (exact) mass is 358 g/mol. The molecule has 2 heteroatoms. The maximum Gasteiger partial charge on any atom is 0.134 e. The second-order valence-electron chi connectivity index (χ2n) is 7.38. The summed E-state index contributed by atoms with van der Waals surface area (Å²) in [6, 6.07) is 0. The Morgan fingerprint density at radius 1 is 0.542 bits per heavy atom. The Bertz CT molecular complexity index is 252. The van der Waals surface area contributed by atoms with Gasteiger partial charge in [0.05, 0.1) is 0 Å². The zero-order valence-corrected chi connectivity index (χ0v) is 17.2. The molecule has 144 valence electrons. The van der Waals surface area contributed by atoms with Gasteiger partial charge in [-0.2, -0.15) is 0 Å². The van der Waals surface area contributed by atoms with Gasteiger partial charge in [-0.05, 0) is 6.42 Å². The predicted octanol–water partition coefficient (Wildman–Crippen LogP) is 8.23. The second kappa shape index (κ2) is 21.0. The van der Waals surface area contributed by atoms with E-state index in [1.165, 1.54) is 103 Å². The molecule has 0 radical (unpaired) electrons. The molecule has 0 fully saturated rings. The van der Waals surface area contributed by atoms with Crippen LogP contribution < -0.4 is 0 Å². The van der Waals surface area contributed by atoms with Gasteiger partial charge < -0.3 is 0 Å². The van der Waals surface area contributed by atoms with Crippen molar-refractivity contribution in [2.24, 2.45) is 0 Å². The first-order valence-electron chi connectivity index (χ1n) is 10.9. The van der Waals surface area contributed by atoms with E-state index >= 15 is 0 Å². The van der Waals surface area contributed by atoms with E-state index in [0.717, 1.165) is 12.8 Å². The van der Waals surface area contributed by atoms with Crippen molar-refractivity contribution in [3.05, 3.63) is 0 Å². The smallest absolute Gasteiger partial charge is 0.134 e. The van der Waals surface area contributed by atoms with Crippen molar-refractivity contribution in [1.29, 1.82) is 0 Å². The molecule has 0 aliphatic carbocycles. The van der Waals surface area contributed by atoms with Gasteiger partial charge in [0.1, 0.15) is 5.78 Å². The van der Waals surface area contributed by atoms with Crippen LogP contribution in [0.2, 0.25) is 0 Å². The lowest BCUT2D eigenvalue weighted by Crippen LogP contribution is -1.97. The van der Waals surface area contributed by atoms with Gasteiger partial charge in [-0.1, -0.05) is 110 Å². The van der Waals surface area contributed by atoms with Crippen LogP contribution in [-0.2, 0) is 4.79 Å². The lowest BCUT2D eigenvalue weighted by atomic mass is 10.0. The third-order valence-corrected chi connectivity index (χ3v) is 5.12. The highest BCUT2D eigenvalue weighted by atomic mass is 35.5. The maximum absolute atomic E-state index is 11.3. The molecule has 0 aromatic carbocycles. The van der Waals surface area contributed by atoms with Crippen LogP contribution in [0, 0.1) is 0 Å². The number of ketones is 1. The first-order valence-corrected chi connectivity index (χ1v) is 11.4. The molecule has 0 aliphatic heterocycles. The molecule has 0 aromatic heterocycles. The summed E-state index contributed by atoms with van der Waals surface area (Å²) < 4.78 is 0. The normalized spacial score (nSPS) is 11.1. The summed E-state index contributed by atoms with van der Waals surface area (Å²) in [7, 11) is 0. The molecule has 0 heterocycles. The highest BCUT2D eigenvalue weighted by Crippen LogP contribution is 2.14. The third-order valence-electron chi connectivity index (χ3n) is 4.93. The number of Topliss-reactive ketones (excluding diaryl/α,β-unsaturated/α-hetero) is 1. The average molecular weight is 359 g/mol. The molecule has 0 aromatic rings. The molecule has 0 aliphatic rings. The fraction of sp³-hybridized carbons (Fsp3) is 0.955. The highest BCUT2D eigenvalue weighted by Gasteiger charge is 2.00. The molecular weight excluding hydrogens is 316 g/mol. The van der Waals surface area contributed by atoms with Crippen LogP contribution in [0.4, 0.5) is 0 Å². The van der Waals surface area contributed by atoms with Gasteiger partial charge >= 0.3 is 0 Å². The zero-order valence-electron chi connectivity index (χ0n) is 16.4. The van der Waals surface area contributed by atoms with Crippen molar-refractivity contribution in [2.45, 2.75) is 129 Å². The topological polar surface area (TPSA) is 17.1 Å². The number of rotatable bonds is 20. The van der Waals surface area contributed by atoms with Gasteiger partial charge in [-0.3, -0.25) is 4.79 Å². The lowest BCUT2D eigenvalue weighted by Gasteiger charge is -2.03. The van der Waals surface area contributed by atoms with E-state index in [-0.39, 0.29) is 0 Å². The number of hydrogen-bond donors (Lipinski definition) is 0. The van der Waals surface area contributed by atoms with E-state index in [9.17, 15) is 4.79 Å². The Hall–Kier alpha value is -0.0400. The van der Waals surface area contributed by atoms with Gasteiger partial charge in [0, 0.05) is 18.7 Å². The van der Waals surface area contributed by atoms with Crippen LogP contribution in [0.1, 0.15) is 129 Å². The number of alkyl halides is 1. The minimum absolute atomic E-state index is 0.339. The van der Waals surface area contributed by atoms with Gasteiger partial charge in [-0.25, -0.2) is 0 Å². The first-order chi connectivity index (χ1) is 11.8. The van der Waals surface area contributed by atoms with Crippen molar-refractivity contribution in [3.8, 4) is 0 Å². The molecule has 0 spiro atoms. The van der Waals surface area contributed by atoms with E-state index in [1.54, 1.807) is 0 Å². The van der Waals surface area contributed by atoms with Gasteiger partial charge in [0.15, 0.2) is 0 Å². The second-order valence-corrected chi connectivity index (χ2v) is 7.76. The molecule has 0 amide bonds. The quantitative estimate of drug-likeness (QED) is 0.158. The van der Waals surface area contributed by atoms with Crippen LogP contribution in [0.3, 0.4) is 0 Å². The standard InChI is InChI=1S/C22H43ClO/c1-2-3-4-5-6-7-8-9-10-11-12-13-14-15-16-17-18-19-22(24)20-21-23/h2-21H2,1H3. The van der Waals surface area contributed by atoms with Crippen LogP contribution in [0.5, 0.6) is 0 Å². The van der Waals surface area contributed by atoms with Crippen LogP contribution >= 0.6 is 11.6 Å². The zero-order chi connectivity index (χ0) is 17.7. The largest absolute Gasteiger partial charge is 0.300 e. The van der Waals surface area contributed by atoms with Crippen LogP contribution in [0.15, 0.2) is 0 Å². The summed E-state index contributed by atoms with van der Waals surface area (Å²) in [4.78, 5) is 11.3. The summed E-state index contributed by atoms with van der Waals surface area (Å²) in [5.41, 5.74) is 0. The summed E-state index contributed by atoms with van der Waals surface area (Å²) in [6.45, 7) is 2.28. The van der Waals surface area contributed by atoms with Crippen molar-refractivity contribution in [2.75, 3.05) is 5.88 Å². The Balaban J connectivity index is 3.01. The minimum atomic E-state index is 0.339. The van der Waals surface area contributed by atoms with E-state index in [4.69, 9.17) is 11.6 Å². The number of unbranched alkanes of at least 4 members (excludes halogenated alkanes) is 16. The molecular formula is C22H43ClO. The van der Waals surface area contributed by atoms with Crippen LogP contribution in [0.25, 0.3) is 0 Å². The Kier molecular flexibility index (Phi) is 21.0. The molecule has 24 heavy (non-hydrogen) atoms. The average Bonchev–Trinajstić information content (AvgIpc) is 2.58. The van der Waals surface area contributed by atoms with Crippen molar-refractivity contribution < 1.29 is 4.79 Å². The third kappa shape index (κ3) is 20.0. The highest BCUT2D eigenvalue weighted by molar-refractivity contribution is 6.19. The Morgan fingerprint density at radius 2 is 0.875 bits per heavy atom. The number of carbonyl (C=O) groups is 1. The van der Waals surface area contributed by atoms with Gasteiger partial charge in [0.2, 0.25) is 0 Å². The molecule has 0 rings (SSSR count). The SMILES string of the molecule is CCCCCCCCCCCCCCCCCCCC(=O)CCCl. The molecule has 0 bridgehead atoms. The Morgan fingerprint density at radius 3 is 1.21 bits per heavy atom. The Labute approximate surface area is 157 Å². The van der Waals surface area contributed by atoms with E-state index in [2.05, 4.69) is 6.92 Å². The first kappa shape index (κ1) is 24.0. The molecule has 0 N–H and O–H groups in total. The number of halogens is 1. The molecule has 0 atom stereocenters. The summed E-state index contributed by atoms with van der Waals surface area (Å²) in [5.74, 6) is 0.823. The molecule has 0 saturated carbocycles. The number of hydrogen-bond acceptors (Lipinski definition) is 1. The minimum Gasteiger partial charge on any atom is -0.300 e. The molecule has 0 saturated heterocycles. The number of carbonyl (C=O) groups excluding carboxylic acids is 1. The van der Waals surface area contributed by atoms with Gasteiger partial charge in [0.25, 0.3) is 0 Å². The summed E-state index contributed by atoms with van der Waals surface area (Å²) >= 11 is 5.56.